The van der Waals surface area contributed by atoms with Crippen LogP contribution in [0.1, 0.15) is 17.0 Å². The van der Waals surface area contributed by atoms with Crippen molar-refractivity contribution < 1.29 is 0 Å². The van der Waals surface area contributed by atoms with E-state index in [0.717, 1.165) is 10.3 Å². The van der Waals surface area contributed by atoms with Gasteiger partial charge < -0.3 is 0 Å². The largest absolute Gasteiger partial charge is 0.334 e. The minimum absolute atomic E-state index is 0.0685. The molecule has 0 saturated heterocycles. The Morgan fingerprint density at radius 1 is 1.22 bits per heavy atom. The summed E-state index contributed by atoms with van der Waals surface area (Å²) in [7, 11) is 0. The Bertz CT molecular complexity index is 731. The average Bonchev–Trinajstić information content (AvgIpc) is 2.29. The van der Waals surface area contributed by atoms with Crippen LogP contribution in [0.3, 0.4) is 0 Å². The topological polar surface area (TPSA) is 67.8 Å². The molecule has 18 heavy (non-hydrogen) atoms. The first-order valence-corrected chi connectivity index (χ1v) is 5.75. The zero-order chi connectivity index (χ0) is 13.4. The molecule has 6 heteroatoms. The van der Waals surface area contributed by atoms with Crippen LogP contribution in [0.4, 0.5) is 0 Å². The molecule has 0 aliphatic heterocycles. The van der Waals surface area contributed by atoms with Crippen LogP contribution in [-0.2, 0) is 0 Å². The van der Waals surface area contributed by atoms with Crippen LogP contribution in [0, 0.1) is 20.8 Å². The highest BCUT2D eigenvalue weighted by Gasteiger charge is 2.12. The van der Waals surface area contributed by atoms with E-state index in [4.69, 9.17) is 11.6 Å². The third kappa shape index (κ3) is 1.97. The summed E-state index contributed by atoms with van der Waals surface area (Å²) in [5.74, 6) is 0. The first-order chi connectivity index (χ1) is 8.41. The van der Waals surface area contributed by atoms with Crippen LogP contribution in [0.5, 0.6) is 0 Å². The van der Waals surface area contributed by atoms with E-state index in [1.165, 1.54) is 0 Å². The molecule has 0 spiro atoms. The van der Waals surface area contributed by atoms with E-state index in [2.05, 4.69) is 9.97 Å². The van der Waals surface area contributed by atoms with Gasteiger partial charge in [-0.25, -0.2) is 9.36 Å². The SMILES string of the molecule is Cc1ccc(-n2c(=O)[nH]c(Cl)c(C)c2=O)c(C)n1. The van der Waals surface area contributed by atoms with Gasteiger partial charge in [-0.3, -0.25) is 14.8 Å². The molecular weight excluding hydrogens is 254 g/mol. The smallest absolute Gasteiger partial charge is 0.297 e. The lowest BCUT2D eigenvalue weighted by Gasteiger charge is -2.09. The maximum atomic E-state index is 12.1. The molecule has 2 heterocycles. The van der Waals surface area contributed by atoms with Gasteiger partial charge in [-0.1, -0.05) is 11.6 Å². The van der Waals surface area contributed by atoms with Gasteiger partial charge >= 0.3 is 5.69 Å². The monoisotopic (exact) mass is 265 g/mol. The summed E-state index contributed by atoms with van der Waals surface area (Å²) >= 11 is 5.76. The third-order valence-electron chi connectivity index (χ3n) is 2.71. The quantitative estimate of drug-likeness (QED) is 0.795. The Balaban J connectivity index is 2.84. The molecule has 0 saturated carbocycles. The summed E-state index contributed by atoms with van der Waals surface area (Å²) < 4.78 is 1.04. The zero-order valence-electron chi connectivity index (χ0n) is 10.2. The maximum Gasteiger partial charge on any atom is 0.334 e. The number of hydrogen-bond acceptors (Lipinski definition) is 3. The fraction of sp³-hybridized carbons (Fsp3) is 0.250. The lowest BCUT2D eigenvalue weighted by atomic mass is 10.2. The molecule has 0 unspecified atom stereocenters. The molecule has 0 amide bonds. The number of H-pyrrole nitrogens is 1. The van der Waals surface area contributed by atoms with Gasteiger partial charge in [-0.2, -0.15) is 0 Å². The van der Waals surface area contributed by atoms with E-state index in [9.17, 15) is 9.59 Å². The van der Waals surface area contributed by atoms with Crippen molar-refractivity contribution in [3.8, 4) is 5.69 Å². The lowest BCUT2D eigenvalue weighted by Crippen LogP contribution is -2.35. The van der Waals surface area contributed by atoms with Gasteiger partial charge in [0, 0.05) is 5.69 Å². The van der Waals surface area contributed by atoms with Crippen molar-refractivity contribution in [3.05, 3.63) is 55.1 Å². The first-order valence-electron chi connectivity index (χ1n) is 5.38. The van der Waals surface area contributed by atoms with Crippen molar-refractivity contribution in [2.45, 2.75) is 20.8 Å². The van der Waals surface area contributed by atoms with E-state index >= 15 is 0 Å². The third-order valence-corrected chi connectivity index (χ3v) is 3.09. The molecule has 0 atom stereocenters. The first kappa shape index (κ1) is 12.6. The van der Waals surface area contributed by atoms with Crippen molar-refractivity contribution >= 4 is 11.6 Å². The molecule has 0 bridgehead atoms. The summed E-state index contributed by atoms with van der Waals surface area (Å²) in [4.78, 5) is 30.6. The van der Waals surface area contributed by atoms with Gasteiger partial charge in [0.1, 0.15) is 5.15 Å². The van der Waals surface area contributed by atoms with Gasteiger partial charge in [0.15, 0.2) is 0 Å². The van der Waals surface area contributed by atoms with Gasteiger partial charge in [0.25, 0.3) is 5.56 Å². The molecule has 2 aromatic rings. The number of pyridine rings is 1. The number of halogens is 1. The van der Waals surface area contributed by atoms with Crippen LogP contribution in [0.25, 0.3) is 5.69 Å². The van der Waals surface area contributed by atoms with Crippen molar-refractivity contribution in [1.82, 2.24) is 14.5 Å². The second-order valence-electron chi connectivity index (χ2n) is 4.07. The summed E-state index contributed by atoms with van der Waals surface area (Å²) in [5.41, 5.74) is 1.21. The van der Waals surface area contributed by atoms with Crippen molar-refractivity contribution in [3.63, 3.8) is 0 Å². The van der Waals surface area contributed by atoms with E-state index in [1.54, 1.807) is 26.0 Å². The second kappa shape index (κ2) is 4.42. The van der Waals surface area contributed by atoms with Crippen molar-refractivity contribution in [2.24, 2.45) is 0 Å². The van der Waals surface area contributed by atoms with Crippen LogP contribution in [0.15, 0.2) is 21.7 Å². The molecule has 0 radical (unpaired) electrons. The van der Waals surface area contributed by atoms with E-state index in [1.807, 2.05) is 6.92 Å². The Kier molecular flexibility index (Phi) is 3.09. The Morgan fingerprint density at radius 3 is 2.50 bits per heavy atom. The number of hydrogen-bond donors (Lipinski definition) is 1. The second-order valence-corrected chi connectivity index (χ2v) is 4.44. The highest BCUT2D eigenvalue weighted by Crippen LogP contribution is 2.10. The number of rotatable bonds is 1. The van der Waals surface area contributed by atoms with Gasteiger partial charge in [-0.15, -0.1) is 0 Å². The number of nitrogens with one attached hydrogen (secondary N) is 1. The molecule has 0 fully saturated rings. The van der Waals surface area contributed by atoms with Gasteiger partial charge in [0.2, 0.25) is 0 Å². The fourth-order valence-electron chi connectivity index (χ4n) is 1.73. The lowest BCUT2D eigenvalue weighted by molar-refractivity contribution is 0.843. The maximum absolute atomic E-state index is 12.1. The Labute approximate surface area is 108 Å². The van der Waals surface area contributed by atoms with Crippen LogP contribution >= 0.6 is 11.6 Å². The number of aromatic amines is 1. The van der Waals surface area contributed by atoms with Crippen LogP contribution in [-0.4, -0.2) is 14.5 Å². The van der Waals surface area contributed by atoms with E-state index in [-0.39, 0.29) is 5.15 Å². The molecule has 0 aromatic carbocycles. The predicted molar refractivity (Wildman–Crippen MR) is 69.7 cm³/mol. The highest BCUT2D eigenvalue weighted by molar-refractivity contribution is 6.30. The fourth-order valence-corrected chi connectivity index (χ4v) is 1.89. The van der Waals surface area contributed by atoms with Gasteiger partial charge in [0.05, 0.1) is 16.9 Å². The number of nitrogens with zero attached hydrogens (tertiary/aromatic N) is 2. The minimum Gasteiger partial charge on any atom is -0.297 e. The zero-order valence-corrected chi connectivity index (χ0v) is 11.0. The van der Waals surface area contributed by atoms with Gasteiger partial charge in [-0.05, 0) is 32.9 Å². The summed E-state index contributed by atoms with van der Waals surface area (Å²) in [5, 5.41) is 0.0685. The molecule has 5 nitrogen and oxygen atoms in total. The van der Waals surface area contributed by atoms with Crippen molar-refractivity contribution in [2.75, 3.05) is 0 Å². The Morgan fingerprint density at radius 2 is 1.89 bits per heavy atom. The molecule has 94 valence electrons. The minimum atomic E-state index is -0.565. The molecule has 0 aliphatic carbocycles. The number of aromatic nitrogens is 3. The van der Waals surface area contributed by atoms with E-state index in [0.29, 0.717) is 16.9 Å². The summed E-state index contributed by atoms with van der Waals surface area (Å²) in [6, 6.07) is 3.44. The normalized spacial score (nSPS) is 10.7. The van der Waals surface area contributed by atoms with Crippen LogP contribution < -0.4 is 11.2 Å². The highest BCUT2D eigenvalue weighted by atomic mass is 35.5. The van der Waals surface area contributed by atoms with Crippen molar-refractivity contribution in [1.29, 1.82) is 0 Å². The Hall–Kier alpha value is -1.88. The molecule has 2 rings (SSSR count). The molecule has 2 aromatic heterocycles. The summed E-state index contributed by atoms with van der Waals surface area (Å²) in [6.07, 6.45) is 0. The number of aryl methyl sites for hydroxylation is 2. The average molecular weight is 266 g/mol. The molecule has 1 N–H and O–H groups in total. The standard InChI is InChI=1S/C12H12ClN3O2/c1-6-4-5-9(8(3)14-6)16-11(17)7(2)10(13)15-12(16)18/h4-5H,1-3H3,(H,15,18). The predicted octanol–water partition coefficient (Wildman–Crippen LogP) is 1.50. The van der Waals surface area contributed by atoms with E-state index < -0.39 is 11.2 Å². The summed E-state index contributed by atoms with van der Waals surface area (Å²) in [6.45, 7) is 5.16. The molecular formula is C12H12ClN3O2. The molecule has 0 aliphatic rings. The van der Waals surface area contributed by atoms with Crippen LogP contribution in [0.2, 0.25) is 5.15 Å².